The van der Waals surface area contributed by atoms with Gasteiger partial charge in [-0.3, -0.25) is 9.36 Å². The molecule has 1 aromatic heterocycles. The van der Waals surface area contributed by atoms with Crippen molar-refractivity contribution < 1.29 is 27.1 Å². The van der Waals surface area contributed by atoms with Crippen LogP contribution in [0.2, 0.25) is 0 Å². The molecule has 2 fully saturated rings. The topological polar surface area (TPSA) is 90.5 Å². The molecular formula is C26H30F4N4O3. The lowest BCUT2D eigenvalue weighted by atomic mass is 9.77. The molecule has 0 saturated heterocycles. The standard InChI is InChI=1S/C26H30F4N4O3/c27-18-8-4-16(5-9-18)22(15-2-1-3-15)34-23(35)20-12-13-33(14-21(20)32-24(34)31)25(36)37-19-10-6-17(7-11-19)26(28,29)30/h4-5,8-9,15,17,19,22H,1-3,6-7,10-14H2,(H2,31,32)/t17-,19-,22?. The van der Waals surface area contributed by atoms with Crippen molar-refractivity contribution in [3.63, 3.8) is 0 Å². The van der Waals surface area contributed by atoms with E-state index in [1.54, 1.807) is 12.1 Å². The Morgan fingerprint density at radius 2 is 1.76 bits per heavy atom. The number of ether oxygens (including phenoxy) is 1. The average Bonchev–Trinajstić information content (AvgIpc) is 2.82. The van der Waals surface area contributed by atoms with Crippen LogP contribution in [0, 0.1) is 17.7 Å². The predicted molar refractivity (Wildman–Crippen MR) is 127 cm³/mol. The SMILES string of the molecule is Nc1nc2c(c(=O)n1C(c1ccc(F)cc1)C1CCC1)CCN(C(=O)O[C@H]1CC[C@H](C(F)(F)F)CC1)C2. The molecule has 0 spiro atoms. The van der Waals surface area contributed by atoms with E-state index in [9.17, 15) is 27.2 Å². The van der Waals surface area contributed by atoms with Crippen LogP contribution in [0.4, 0.5) is 28.3 Å². The lowest BCUT2D eigenvalue weighted by molar-refractivity contribution is -0.186. The minimum absolute atomic E-state index is 0.0330. The number of hydrogen-bond donors (Lipinski definition) is 1. The molecule has 1 aliphatic heterocycles. The van der Waals surface area contributed by atoms with Crippen molar-refractivity contribution in [2.45, 2.75) is 76.2 Å². The summed E-state index contributed by atoms with van der Waals surface area (Å²) in [6.07, 6.45) is -2.02. The van der Waals surface area contributed by atoms with Gasteiger partial charge in [-0.05, 0) is 68.6 Å². The highest BCUT2D eigenvalue weighted by atomic mass is 19.4. The first-order chi connectivity index (χ1) is 17.6. The van der Waals surface area contributed by atoms with Crippen LogP contribution in [0.1, 0.15) is 67.8 Å². The minimum atomic E-state index is -4.22. The maximum absolute atomic E-state index is 13.6. The fourth-order valence-electron chi connectivity index (χ4n) is 5.72. The lowest BCUT2D eigenvalue weighted by Crippen LogP contribution is -2.44. The number of nitrogen functional groups attached to an aromatic ring is 1. The largest absolute Gasteiger partial charge is 0.446 e. The van der Waals surface area contributed by atoms with E-state index >= 15 is 0 Å². The molecule has 2 aliphatic carbocycles. The molecule has 37 heavy (non-hydrogen) atoms. The van der Waals surface area contributed by atoms with Crippen molar-refractivity contribution in [2.75, 3.05) is 12.3 Å². The molecule has 2 aromatic rings. The van der Waals surface area contributed by atoms with Gasteiger partial charge in [-0.1, -0.05) is 18.6 Å². The number of halogens is 4. The van der Waals surface area contributed by atoms with E-state index in [4.69, 9.17) is 10.5 Å². The summed E-state index contributed by atoms with van der Waals surface area (Å²) in [5, 5.41) is 0. The summed E-state index contributed by atoms with van der Waals surface area (Å²) in [6, 6.07) is 5.72. The Labute approximate surface area is 211 Å². The molecular weight excluding hydrogens is 492 g/mol. The molecule has 2 saturated carbocycles. The second-order valence-corrected chi connectivity index (χ2v) is 10.3. The molecule has 1 unspecified atom stereocenters. The molecule has 3 aliphatic rings. The summed E-state index contributed by atoms with van der Waals surface area (Å²) >= 11 is 0. The summed E-state index contributed by atoms with van der Waals surface area (Å²) in [6.45, 7) is 0.270. The van der Waals surface area contributed by atoms with Crippen molar-refractivity contribution in [3.05, 3.63) is 57.3 Å². The predicted octanol–water partition coefficient (Wildman–Crippen LogP) is 4.97. The van der Waals surface area contributed by atoms with Crippen LogP contribution in [-0.4, -0.2) is 39.4 Å². The van der Waals surface area contributed by atoms with E-state index in [0.717, 1.165) is 24.8 Å². The van der Waals surface area contributed by atoms with Gasteiger partial charge < -0.3 is 15.4 Å². The molecule has 11 heteroatoms. The maximum atomic E-state index is 13.6. The van der Waals surface area contributed by atoms with Gasteiger partial charge in [0.1, 0.15) is 11.9 Å². The number of fused-ring (bicyclic) bond motifs is 1. The third-order valence-electron chi connectivity index (χ3n) is 8.04. The van der Waals surface area contributed by atoms with Crippen LogP contribution in [0.15, 0.2) is 29.1 Å². The number of rotatable bonds is 4. The summed E-state index contributed by atoms with van der Waals surface area (Å²) in [5.74, 6) is -1.49. The number of nitrogens with zero attached hydrogens (tertiary/aromatic N) is 3. The summed E-state index contributed by atoms with van der Waals surface area (Å²) in [5.41, 5.74) is 7.71. The summed E-state index contributed by atoms with van der Waals surface area (Å²) in [4.78, 5) is 32.3. The Bertz CT molecular complexity index is 1200. The second-order valence-electron chi connectivity index (χ2n) is 10.3. The molecule has 0 bridgehead atoms. The first-order valence-corrected chi connectivity index (χ1v) is 12.8. The van der Waals surface area contributed by atoms with Gasteiger partial charge in [0.2, 0.25) is 5.95 Å². The first kappa shape index (κ1) is 25.5. The van der Waals surface area contributed by atoms with Crippen molar-refractivity contribution in [2.24, 2.45) is 11.8 Å². The van der Waals surface area contributed by atoms with Crippen LogP contribution < -0.4 is 11.3 Å². The Morgan fingerprint density at radius 1 is 1.08 bits per heavy atom. The number of carbonyl (C=O) groups is 1. The molecule has 2 N–H and O–H groups in total. The third-order valence-corrected chi connectivity index (χ3v) is 8.04. The highest BCUT2D eigenvalue weighted by molar-refractivity contribution is 5.68. The van der Waals surface area contributed by atoms with E-state index < -0.39 is 24.3 Å². The zero-order valence-electron chi connectivity index (χ0n) is 20.3. The summed E-state index contributed by atoms with van der Waals surface area (Å²) in [7, 11) is 0. The molecule has 200 valence electrons. The Hall–Kier alpha value is -3.11. The number of nitrogens with two attached hydrogens (primary N) is 1. The number of carbonyl (C=O) groups excluding carboxylic acids is 1. The summed E-state index contributed by atoms with van der Waals surface area (Å²) < 4.78 is 59.3. The quantitative estimate of drug-likeness (QED) is 0.573. The molecule has 1 aromatic carbocycles. The number of aromatic nitrogens is 2. The van der Waals surface area contributed by atoms with Gasteiger partial charge in [0.05, 0.1) is 24.2 Å². The monoisotopic (exact) mass is 522 g/mol. The zero-order valence-corrected chi connectivity index (χ0v) is 20.3. The van der Waals surface area contributed by atoms with Gasteiger partial charge in [-0.2, -0.15) is 13.2 Å². The van der Waals surface area contributed by atoms with Crippen LogP contribution in [-0.2, 0) is 17.7 Å². The van der Waals surface area contributed by atoms with Crippen molar-refractivity contribution in [1.29, 1.82) is 0 Å². The van der Waals surface area contributed by atoms with E-state index in [1.165, 1.54) is 21.6 Å². The number of hydrogen-bond acceptors (Lipinski definition) is 5. The lowest BCUT2D eigenvalue weighted by Gasteiger charge is -2.37. The molecule has 0 radical (unpaired) electrons. The average molecular weight is 523 g/mol. The van der Waals surface area contributed by atoms with Gasteiger partial charge in [0.25, 0.3) is 5.56 Å². The fourth-order valence-corrected chi connectivity index (χ4v) is 5.72. The van der Waals surface area contributed by atoms with Gasteiger partial charge in [0, 0.05) is 12.1 Å². The van der Waals surface area contributed by atoms with Gasteiger partial charge >= 0.3 is 12.3 Å². The molecule has 1 atom stereocenters. The van der Waals surface area contributed by atoms with Gasteiger partial charge in [0.15, 0.2) is 0 Å². The molecule has 5 rings (SSSR count). The van der Waals surface area contributed by atoms with Crippen LogP contribution in [0.3, 0.4) is 0 Å². The highest BCUT2D eigenvalue weighted by Gasteiger charge is 2.42. The van der Waals surface area contributed by atoms with Crippen molar-refractivity contribution >= 4 is 12.0 Å². The Kier molecular flexibility index (Phi) is 6.89. The smallest absolute Gasteiger partial charge is 0.410 e. The maximum Gasteiger partial charge on any atom is 0.410 e. The fraction of sp³-hybridized carbons (Fsp3) is 0.577. The van der Waals surface area contributed by atoms with Crippen molar-refractivity contribution in [1.82, 2.24) is 14.5 Å². The Morgan fingerprint density at radius 3 is 2.35 bits per heavy atom. The third kappa shape index (κ3) is 5.17. The number of anilines is 1. The van der Waals surface area contributed by atoms with E-state index in [2.05, 4.69) is 4.98 Å². The first-order valence-electron chi connectivity index (χ1n) is 12.8. The van der Waals surface area contributed by atoms with E-state index in [0.29, 0.717) is 11.3 Å². The minimum Gasteiger partial charge on any atom is -0.446 e. The number of benzene rings is 1. The number of amides is 1. The van der Waals surface area contributed by atoms with E-state index in [1.807, 2.05) is 0 Å². The molecule has 2 heterocycles. The van der Waals surface area contributed by atoms with E-state index in [-0.39, 0.29) is 74.5 Å². The van der Waals surface area contributed by atoms with Crippen LogP contribution in [0.25, 0.3) is 0 Å². The van der Waals surface area contributed by atoms with Crippen LogP contribution in [0.5, 0.6) is 0 Å². The number of alkyl halides is 3. The highest BCUT2D eigenvalue weighted by Crippen LogP contribution is 2.41. The second kappa shape index (κ2) is 9.98. The van der Waals surface area contributed by atoms with Gasteiger partial charge in [-0.15, -0.1) is 0 Å². The Balaban J connectivity index is 1.32. The normalized spacial score (nSPS) is 23.2. The van der Waals surface area contributed by atoms with Crippen molar-refractivity contribution in [3.8, 4) is 0 Å². The zero-order chi connectivity index (χ0) is 26.3. The van der Waals surface area contributed by atoms with Gasteiger partial charge in [-0.25, -0.2) is 14.2 Å². The molecule has 7 nitrogen and oxygen atoms in total. The van der Waals surface area contributed by atoms with Crippen LogP contribution >= 0.6 is 0 Å². The molecule has 1 amide bonds.